The molecule has 1 aliphatic heterocycles. The monoisotopic (exact) mass is 246 g/mol. The Bertz CT molecular complexity index is 181. The first-order valence-corrected chi connectivity index (χ1v) is 6.84. The molecule has 0 radical (unpaired) electrons. The van der Waals surface area contributed by atoms with Gasteiger partial charge in [-0.1, -0.05) is 32.1 Å². The lowest BCUT2D eigenvalue weighted by Crippen LogP contribution is -2.36. The van der Waals surface area contributed by atoms with Gasteiger partial charge in [0.15, 0.2) is 0 Å². The quantitative estimate of drug-likeness (QED) is 0.827. The molecule has 2 rings (SSSR count). The topological polar surface area (TPSA) is 29.3 Å². The summed E-state index contributed by atoms with van der Waals surface area (Å²) in [5, 5.41) is 0. The van der Waals surface area contributed by atoms with Gasteiger partial charge in [-0.3, -0.25) is 4.90 Å². The van der Waals surface area contributed by atoms with Crippen molar-refractivity contribution in [3.05, 3.63) is 0 Å². The first-order chi connectivity index (χ1) is 7.40. The Balaban J connectivity index is 0.00000128. The third kappa shape index (κ3) is 3.90. The second kappa shape index (κ2) is 7.52. The van der Waals surface area contributed by atoms with Crippen LogP contribution in [-0.4, -0.2) is 30.6 Å². The molecule has 0 aromatic heterocycles. The second-order valence-corrected chi connectivity index (χ2v) is 5.36. The summed E-state index contributed by atoms with van der Waals surface area (Å²) in [5.74, 6) is 1.03. The Hall–Kier alpha value is 0.210. The number of hydrogen-bond acceptors (Lipinski definition) is 2. The molecule has 3 heteroatoms. The molecule has 2 fully saturated rings. The summed E-state index contributed by atoms with van der Waals surface area (Å²) in [5.41, 5.74) is 5.79. The average molecular weight is 247 g/mol. The van der Waals surface area contributed by atoms with Crippen LogP contribution in [0.15, 0.2) is 0 Å². The number of halogens is 1. The third-order valence-electron chi connectivity index (χ3n) is 4.32. The molecular weight excluding hydrogens is 220 g/mol. The molecule has 16 heavy (non-hydrogen) atoms. The summed E-state index contributed by atoms with van der Waals surface area (Å²) >= 11 is 0. The van der Waals surface area contributed by atoms with E-state index in [2.05, 4.69) is 4.90 Å². The molecule has 0 amide bonds. The molecule has 1 saturated carbocycles. The molecule has 0 aromatic carbocycles. The van der Waals surface area contributed by atoms with Crippen LogP contribution in [0.3, 0.4) is 0 Å². The predicted molar refractivity (Wildman–Crippen MR) is 72.1 cm³/mol. The highest BCUT2D eigenvalue weighted by atomic mass is 35.5. The van der Waals surface area contributed by atoms with E-state index in [9.17, 15) is 0 Å². The summed E-state index contributed by atoms with van der Waals surface area (Å²) in [6.07, 6.45) is 11.5. The van der Waals surface area contributed by atoms with E-state index in [1.807, 2.05) is 0 Å². The fourth-order valence-corrected chi connectivity index (χ4v) is 3.28. The number of hydrogen-bond donors (Lipinski definition) is 1. The van der Waals surface area contributed by atoms with Gasteiger partial charge in [0.1, 0.15) is 0 Å². The molecule has 0 spiro atoms. The van der Waals surface area contributed by atoms with Crippen LogP contribution >= 0.6 is 12.4 Å². The number of likely N-dealkylation sites (tertiary alicyclic amines) is 1. The first kappa shape index (κ1) is 14.3. The molecule has 1 saturated heterocycles. The van der Waals surface area contributed by atoms with Crippen LogP contribution in [0.4, 0.5) is 0 Å². The first-order valence-electron chi connectivity index (χ1n) is 6.84. The van der Waals surface area contributed by atoms with Gasteiger partial charge in [0.05, 0.1) is 0 Å². The molecular formula is C13H27ClN2. The molecule has 96 valence electrons. The zero-order valence-electron chi connectivity index (χ0n) is 10.4. The van der Waals surface area contributed by atoms with E-state index in [4.69, 9.17) is 5.73 Å². The van der Waals surface area contributed by atoms with E-state index < -0.39 is 0 Å². The minimum atomic E-state index is 0. The SMILES string of the molecule is Cl.NCC1CCCN1CCC1CCCCC1. The fraction of sp³-hybridized carbons (Fsp3) is 1.00. The Labute approximate surface area is 106 Å². The molecule has 1 heterocycles. The van der Waals surface area contributed by atoms with E-state index in [0.717, 1.165) is 12.5 Å². The minimum Gasteiger partial charge on any atom is -0.329 e. The lowest BCUT2D eigenvalue weighted by atomic mass is 9.87. The van der Waals surface area contributed by atoms with Crippen LogP contribution in [0.2, 0.25) is 0 Å². The molecule has 0 bridgehead atoms. The van der Waals surface area contributed by atoms with Gasteiger partial charge in [-0.25, -0.2) is 0 Å². The maximum Gasteiger partial charge on any atom is 0.0218 e. The lowest BCUT2D eigenvalue weighted by Gasteiger charge is -2.27. The van der Waals surface area contributed by atoms with Crippen LogP contribution in [0.5, 0.6) is 0 Å². The van der Waals surface area contributed by atoms with Crippen molar-refractivity contribution in [3.63, 3.8) is 0 Å². The van der Waals surface area contributed by atoms with E-state index in [1.54, 1.807) is 0 Å². The van der Waals surface area contributed by atoms with Crippen molar-refractivity contribution in [3.8, 4) is 0 Å². The summed E-state index contributed by atoms with van der Waals surface area (Å²) in [6, 6.07) is 0.702. The van der Waals surface area contributed by atoms with Crippen molar-refractivity contribution in [2.45, 2.75) is 57.4 Å². The number of rotatable bonds is 4. The standard InChI is InChI=1S/C13H26N2.ClH/c14-11-13-7-4-9-15(13)10-8-12-5-2-1-3-6-12;/h12-13H,1-11,14H2;1H. The predicted octanol–water partition coefficient (Wildman–Crippen LogP) is 2.80. The Morgan fingerprint density at radius 3 is 2.44 bits per heavy atom. The number of nitrogens with two attached hydrogens (primary N) is 1. The lowest BCUT2D eigenvalue weighted by molar-refractivity contribution is 0.221. The van der Waals surface area contributed by atoms with Crippen LogP contribution in [0, 0.1) is 5.92 Å². The van der Waals surface area contributed by atoms with Crippen LogP contribution in [-0.2, 0) is 0 Å². The van der Waals surface area contributed by atoms with E-state index in [1.165, 1.54) is 64.5 Å². The molecule has 2 nitrogen and oxygen atoms in total. The maximum absolute atomic E-state index is 5.79. The van der Waals surface area contributed by atoms with Gasteiger partial charge in [-0.2, -0.15) is 0 Å². The van der Waals surface area contributed by atoms with E-state index in [-0.39, 0.29) is 12.4 Å². The molecule has 1 atom stereocenters. The summed E-state index contributed by atoms with van der Waals surface area (Å²) in [7, 11) is 0. The van der Waals surface area contributed by atoms with Crippen LogP contribution in [0.25, 0.3) is 0 Å². The van der Waals surface area contributed by atoms with Gasteiger partial charge in [0.25, 0.3) is 0 Å². The van der Waals surface area contributed by atoms with Crippen LogP contribution in [0.1, 0.15) is 51.4 Å². The summed E-state index contributed by atoms with van der Waals surface area (Å²) < 4.78 is 0. The van der Waals surface area contributed by atoms with E-state index >= 15 is 0 Å². The van der Waals surface area contributed by atoms with Crippen molar-refractivity contribution in [1.29, 1.82) is 0 Å². The Morgan fingerprint density at radius 1 is 1.00 bits per heavy atom. The average Bonchev–Trinajstić information content (AvgIpc) is 2.75. The molecule has 0 aromatic rings. The summed E-state index contributed by atoms with van der Waals surface area (Å²) in [6.45, 7) is 3.48. The van der Waals surface area contributed by atoms with Gasteiger partial charge in [0.2, 0.25) is 0 Å². The molecule has 1 aliphatic carbocycles. The highest BCUT2D eigenvalue weighted by molar-refractivity contribution is 5.85. The largest absolute Gasteiger partial charge is 0.329 e. The normalized spacial score (nSPS) is 27.9. The molecule has 1 unspecified atom stereocenters. The van der Waals surface area contributed by atoms with E-state index in [0.29, 0.717) is 6.04 Å². The van der Waals surface area contributed by atoms with Crippen molar-refractivity contribution in [2.75, 3.05) is 19.6 Å². The maximum atomic E-state index is 5.79. The number of nitrogens with zero attached hydrogens (tertiary/aromatic N) is 1. The Kier molecular flexibility index (Phi) is 6.71. The van der Waals surface area contributed by atoms with Gasteiger partial charge in [-0.15, -0.1) is 12.4 Å². The smallest absolute Gasteiger partial charge is 0.0218 e. The zero-order valence-corrected chi connectivity index (χ0v) is 11.2. The van der Waals surface area contributed by atoms with Crippen molar-refractivity contribution < 1.29 is 0 Å². The third-order valence-corrected chi connectivity index (χ3v) is 4.32. The highest BCUT2D eigenvalue weighted by Crippen LogP contribution is 2.27. The van der Waals surface area contributed by atoms with Crippen molar-refractivity contribution in [2.24, 2.45) is 11.7 Å². The molecule has 2 aliphatic rings. The van der Waals surface area contributed by atoms with Gasteiger partial charge < -0.3 is 5.73 Å². The zero-order chi connectivity index (χ0) is 10.5. The molecule has 2 N–H and O–H groups in total. The highest BCUT2D eigenvalue weighted by Gasteiger charge is 2.23. The van der Waals surface area contributed by atoms with Gasteiger partial charge in [0, 0.05) is 12.6 Å². The van der Waals surface area contributed by atoms with Gasteiger partial charge in [-0.05, 0) is 38.3 Å². The van der Waals surface area contributed by atoms with Gasteiger partial charge >= 0.3 is 0 Å². The minimum absolute atomic E-state index is 0. The second-order valence-electron chi connectivity index (χ2n) is 5.36. The van der Waals surface area contributed by atoms with Crippen LogP contribution < -0.4 is 5.73 Å². The summed E-state index contributed by atoms with van der Waals surface area (Å²) in [4.78, 5) is 2.63. The fourth-order valence-electron chi connectivity index (χ4n) is 3.28. The van der Waals surface area contributed by atoms with Crippen molar-refractivity contribution in [1.82, 2.24) is 4.90 Å². The van der Waals surface area contributed by atoms with Crippen molar-refractivity contribution >= 4 is 12.4 Å². The Morgan fingerprint density at radius 2 is 1.75 bits per heavy atom.